The van der Waals surface area contributed by atoms with Crippen molar-refractivity contribution in [3.63, 3.8) is 0 Å². The fraction of sp³-hybridized carbons (Fsp3) is 0.615. The summed E-state index contributed by atoms with van der Waals surface area (Å²) in [4.78, 5) is 14.1. The molecule has 0 saturated heterocycles. The maximum Gasteiger partial charge on any atom is 0.255 e. The zero-order valence-electron chi connectivity index (χ0n) is 11.3. The minimum Gasteiger partial charge on any atom is -0.338 e. The minimum atomic E-state index is 0.0282. The van der Waals surface area contributed by atoms with E-state index >= 15 is 0 Å². The molecule has 94 valence electrons. The number of carbonyl (C=O) groups excluding carboxylic acids is 1. The molecule has 0 radical (unpaired) electrons. The standard InChI is InChI=1S/C13H21N3O/c1-6-16(9-13(3,4)5)12(17)11-7-10(2)15-14-8-11/h7-8H,6,9H2,1-5H3. The Morgan fingerprint density at radius 1 is 1.41 bits per heavy atom. The van der Waals surface area contributed by atoms with Gasteiger partial charge in [0.2, 0.25) is 0 Å². The lowest BCUT2D eigenvalue weighted by Gasteiger charge is -2.29. The highest BCUT2D eigenvalue weighted by atomic mass is 16.2. The van der Waals surface area contributed by atoms with Gasteiger partial charge in [0.1, 0.15) is 0 Å². The molecule has 0 N–H and O–H groups in total. The van der Waals surface area contributed by atoms with E-state index in [0.717, 1.165) is 12.2 Å². The lowest BCUT2D eigenvalue weighted by Crippen LogP contribution is -2.37. The van der Waals surface area contributed by atoms with Crippen molar-refractivity contribution in [3.05, 3.63) is 23.5 Å². The summed E-state index contributed by atoms with van der Waals surface area (Å²) in [5, 5.41) is 7.68. The first-order valence-corrected chi connectivity index (χ1v) is 5.92. The maximum atomic E-state index is 12.3. The van der Waals surface area contributed by atoms with Crippen molar-refractivity contribution in [2.75, 3.05) is 13.1 Å². The van der Waals surface area contributed by atoms with Crippen molar-refractivity contribution in [3.8, 4) is 0 Å². The van der Waals surface area contributed by atoms with Gasteiger partial charge in [-0.3, -0.25) is 4.79 Å². The van der Waals surface area contributed by atoms with E-state index in [1.54, 1.807) is 6.07 Å². The van der Waals surface area contributed by atoms with Gasteiger partial charge in [-0.15, -0.1) is 0 Å². The Kier molecular flexibility index (Phi) is 4.21. The lowest BCUT2D eigenvalue weighted by molar-refractivity contribution is 0.0706. The molecule has 1 amide bonds. The molecule has 1 aromatic heterocycles. The summed E-state index contributed by atoms with van der Waals surface area (Å²) < 4.78 is 0. The van der Waals surface area contributed by atoms with Crippen LogP contribution < -0.4 is 0 Å². The molecule has 0 unspecified atom stereocenters. The number of aryl methyl sites for hydroxylation is 1. The normalized spacial score (nSPS) is 11.4. The Bertz CT molecular complexity index is 396. The van der Waals surface area contributed by atoms with Gasteiger partial charge < -0.3 is 4.90 Å². The van der Waals surface area contributed by atoms with E-state index in [9.17, 15) is 4.79 Å². The van der Waals surface area contributed by atoms with Crippen LogP contribution in [0.1, 0.15) is 43.7 Å². The highest BCUT2D eigenvalue weighted by Crippen LogP contribution is 2.16. The second-order valence-electron chi connectivity index (χ2n) is 5.47. The van der Waals surface area contributed by atoms with Crippen molar-refractivity contribution in [2.24, 2.45) is 5.41 Å². The summed E-state index contributed by atoms with van der Waals surface area (Å²) in [5.41, 5.74) is 1.48. The molecule has 0 aliphatic rings. The van der Waals surface area contributed by atoms with Crippen LogP contribution in [0.2, 0.25) is 0 Å². The Morgan fingerprint density at radius 3 is 2.53 bits per heavy atom. The van der Waals surface area contributed by atoms with Gasteiger partial charge in [0, 0.05) is 13.1 Å². The monoisotopic (exact) mass is 235 g/mol. The van der Waals surface area contributed by atoms with E-state index in [4.69, 9.17) is 0 Å². The number of aromatic nitrogens is 2. The van der Waals surface area contributed by atoms with Crippen molar-refractivity contribution in [1.29, 1.82) is 0 Å². The summed E-state index contributed by atoms with van der Waals surface area (Å²) >= 11 is 0. The zero-order chi connectivity index (χ0) is 13.1. The molecule has 0 aliphatic heterocycles. The van der Waals surface area contributed by atoms with Gasteiger partial charge in [0.15, 0.2) is 0 Å². The van der Waals surface area contributed by atoms with E-state index in [0.29, 0.717) is 12.1 Å². The van der Waals surface area contributed by atoms with Crippen LogP contribution in [0.5, 0.6) is 0 Å². The van der Waals surface area contributed by atoms with Gasteiger partial charge in [0.05, 0.1) is 17.5 Å². The molecular formula is C13H21N3O. The first-order valence-electron chi connectivity index (χ1n) is 5.92. The molecule has 1 rings (SSSR count). The SMILES string of the molecule is CCN(CC(C)(C)C)C(=O)c1cnnc(C)c1. The molecule has 17 heavy (non-hydrogen) atoms. The Morgan fingerprint density at radius 2 is 2.06 bits per heavy atom. The molecule has 1 aromatic rings. The first-order chi connectivity index (χ1) is 7.83. The number of hydrogen-bond donors (Lipinski definition) is 0. The predicted octanol–water partition coefficient (Wildman–Crippen LogP) is 2.29. The van der Waals surface area contributed by atoms with E-state index in [2.05, 4.69) is 31.0 Å². The van der Waals surface area contributed by atoms with Crippen LogP contribution in [0.15, 0.2) is 12.3 Å². The van der Waals surface area contributed by atoms with Gasteiger partial charge in [-0.1, -0.05) is 20.8 Å². The fourth-order valence-corrected chi connectivity index (χ4v) is 1.67. The average Bonchev–Trinajstić information content (AvgIpc) is 2.23. The number of rotatable bonds is 3. The molecular weight excluding hydrogens is 214 g/mol. The number of nitrogens with zero attached hydrogens (tertiary/aromatic N) is 3. The minimum absolute atomic E-state index is 0.0282. The van der Waals surface area contributed by atoms with Gasteiger partial charge in [-0.2, -0.15) is 10.2 Å². The Balaban J connectivity index is 2.87. The second kappa shape index (κ2) is 5.25. The van der Waals surface area contributed by atoms with Crippen LogP contribution >= 0.6 is 0 Å². The van der Waals surface area contributed by atoms with Crippen molar-refractivity contribution in [2.45, 2.75) is 34.6 Å². The third kappa shape index (κ3) is 4.13. The topological polar surface area (TPSA) is 46.1 Å². The molecule has 0 atom stereocenters. The van der Waals surface area contributed by atoms with Crippen molar-refractivity contribution >= 4 is 5.91 Å². The molecule has 0 bridgehead atoms. The summed E-state index contributed by atoms with van der Waals surface area (Å²) in [5.74, 6) is 0.0282. The third-order valence-corrected chi connectivity index (χ3v) is 2.36. The molecule has 0 aromatic carbocycles. The smallest absolute Gasteiger partial charge is 0.255 e. The van der Waals surface area contributed by atoms with E-state index in [-0.39, 0.29) is 11.3 Å². The summed E-state index contributed by atoms with van der Waals surface area (Å²) in [6.07, 6.45) is 1.53. The van der Waals surface area contributed by atoms with E-state index < -0.39 is 0 Å². The Hall–Kier alpha value is -1.45. The number of carbonyl (C=O) groups is 1. The zero-order valence-corrected chi connectivity index (χ0v) is 11.3. The van der Waals surface area contributed by atoms with Crippen LogP contribution in [0.25, 0.3) is 0 Å². The molecule has 0 aliphatic carbocycles. The highest BCUT2D eigenvalue weighted by molar-refractivity contribution is 5.93. The summed E-state index contributed by atoms with van der Waals surface area (Å²) in [6.45, 7) is 11.6. The average molecular weight is 235 g/mol. The maximum absolute atomic E-state index is 12.3. The summed E-state index contributed by atoms with van der Waals surface area (Å²) in [7, 11) is 0. The molecule has 0 saturated carbocycles. The van der Waals surface area contributed by atoms with Gasteiger partial charge in [-0.05, 0) is 25.3 Å². The van der Waals surface area contributed by atoms with Crippen molar-refractivity contribution in [1.82, 2.24) is 15.1 Å². The van der Waals surface area contributed by atoms with E-state index in [1.807, 2.05) is 18.7 Å². The van der Waals surface area contributed by atoms with Crippen LogP contribution in [0.4, 0.5) is 0 Å². The molecule has 4 heteroatoms. The van der Waals surface area contributed by atoms with Gasteiger partial charge in [0.25, 0.3) is 5.91 Å². The molecule has 0 fully saturated rings. The van der Waals surface area contributed by atoms with Crippen molar-refractivity contribution < 1.29 is 4.79 Å². The first kappa shape index (κ1) is 13.6. The highest BCUT2D eigenvalue weighted by Gasteiger charge is 2.21. The number of hydrogen-bond acceptors (Lipinski definition) is 3. The Labute approximate surface area is 103 Å². The quantitative estimate of drug-likeness (QED) is 0.807. The summed E-state index contributed by atoms with van der Waals surface area (Å²) in [6, 6.07) is 1.78. The third-order valence-electron chi connectivity index (χ3n) is 2.36. The van der Waals surface area contributed by atoms with E-state index in [1.165, 1.54) is 6.20 Å². The van der Waals surface area contributed by atoms with Crippen LogP contribution in [0, 0.1) is 12.3 Å². The molecule has 0 spiro atoms. The van der Waals surface area contributed by atoms with Crippen LogP contribution in [-0.2, 0) is 0 Å². The number of amides is 1. The van der Waals surface area contributed by atoms with Gasteiger partial charge in [-0.25, -0.2) is 0 Å². The van der Waals surface area contributed by atoms with Crippen LogP contribution in [-0.4, -0.2) is 34.1 Å². The second-order valence-corrected chi connectivity index (χ2v) is 5.47. The van der Waals surface area contributed by atoms with Gasteiger partial charge >= 0.3 is 0 Å². The predicted molar refractivity (Wildman–Crippen MR) is 67.8 cm³/mol. The largest absolute Gasteiger partial charge is 0.338 e. The van der Waals surface area contributed by atoms with Crippen LogP contribution in [0.3, 0.4) is 0 Å². The lowest BCUT2D eigenvalue weighted by atomic mass is 9.96. The molecule has 1 heterocycles. The molecule has 4 nitrogen and oxygen atoms in total. The fourth-order valence-electron chi connectivity index (χ4n) is 1.67.